The summed E-state index contributed by atoms with van der Waals surface area (Å²) in [5.74, 6) is 1.76. The van der Waals surface area contributed by atoms with E-state index in [-0.39, 0.29) is 5.41 Å². The average Bonchev–Trinajstić information content (AvgIpc) is 3.95. The molecular formula is C60H43N6OP. The summed E-state index contributed by atoms with van der Waals surface area (Å²) < 4.78 is 22.7. The molecule has 2 aromatic heterocycles. The van der Waals surface area contributed by atoms with Crippen molar-refractivity contribution in [3.05, 3.63) is 236 Å². The van der Waals surface area contributed by atoms with Gasteiger partial charge in [-0.25, -0.2) is 4.98 Å². The molecule has 13 rings (SSSR count). The molecule has 0 radical (unpaired) electrons. The lowest BCUT2D eigenvalue weighted by Crippen LogP contribution is -2.26. The van der Waals surface area contributed by atoms with Crippen molar-refractivity contribution in [2.24, 2.45) is 0 Å². The molecule has 324 valence electrons. The van der Waals surface area contributed by atoms with E-state index in [1.54, 1.807) is 0 Å². The number of nitrogens with zero attached hydrogens (tertiary/aromatic N) is 6. The van der Waals surface area contributed by atoms with Crippen LogP contribution in [0.2, 0.25) is 0 Å². The average molecular weight is 895 g/mol. The normalized spacial score (nSPS) is 15.7. The van der Waals surface area contributed by atoms with E-state index in [4.69, 9.17) is 15.0 Å². The highest BCUT2D eigenvalue weighted by Gasteiger charge is 2.49. The highest BCUT2D eigenvalue weighted by atomic mass is 31.2. The Hall–Kier alpha value is -8.38. The monoisotopic (exact) mass is 894 g/mol. The number of para-hydroxylation sites is 2. The quantitative estimate of drug-likeness (QED) is 0.149. The van der Waals surface area contributed by atoms with Gasteiger partial charge < -0.3 is 0 Å². The van der Waals surface area contributed by atoms with Crippen LogP contribution in [0.3, 0.4) is 0 Å². The van der Waals surface area contributed by atoms with E-state index in [0.29, 0.717) is 17.6 Å². The molecule has 1 aliphatic heterocycles. The molecule has 9 aromatic carbocycles. The zero-order chi connectivity index (χ0) is 45.6. The van der Waals surface area contributed by atoms with Crippen LogP contribution < -0.4 is 14.6 Å². The first-order valence-corrected chi connectivity index (χ1v) is 24.6. The van der Waals surface area contributed by atoms with Crippen molar-refractivity contribution in [1.82, 2.24) is 19.5 Å². The van der Waals surface area contributed by atoms with Crippen molar-refractivity contribution in [2.45, 2.75) is 19.3 Å². The minimum Gasteiger partial charge on any atom is -0.278 e. The van der Waals surface area contributed by atoms with Gasteiger partial charge in [0, 0.05) is 38.7 Å². The molecule has 1 atom stereocenters. The topological polar surface area (TPSA) is 67.2 Å². The number of hydrogen-bond acceptors (Lipinski definition) is 4. The SMILES string of the molecule is CC1(C)c2ccccc2-c2cc3c4cc(-c5ccc6c(c5)N(c5ccccc5)P(=O)(c5ccccc5)N6c5ccccc5)ccc4n(-c4nc(-c5ccccc5)nc(-c5ccccc5)n4)c3cc21. The Morgan fingerprint density at radius 2 is 0.926 bits per heavy atom. The minimum atomic E-state index is -3.54. The Balaban J connectivity index is 1.06. The lowest BCUT2D eigenvalue weighted by molar-refractivity contribution is 0.582. The first-order chi connectivity index (χ1) is 33.4. The van der Waals surface area contributed by atoms with Crippen molar-refractivity contribution < 1.29 is 4.57 Å². The highest BCUT2D eigenvalue weighted by Crippen LogP contribution is 2.70. The zero-order valence-electron chi connectivity index (χ0n) is 37.4. The van der Waals surface area contributed by atoms with E-state index in [1.807, 2.05) is 156 Å². The van der Waals surface area contributed by atoms with E-state index in [2.05, 4.69) is 95.9 Å². The van der Waals surface area contributed by atoms with Crippen molar-refractivity contribution in [3.63, 3.8) is 0 Å². The fourth-order valence-electron chi connectivity index (χ4n) is 10.5. The van der Waals surface area contributed by atoms with E-state index in [9.17, 15) is 0 Å². The van der Waals surface area contributed by atoms with Crippen LogP contribution in [0.4, 0.5) is 22.7 Å². The number of fused-ring (bicyclic) bond motifs is 7. The predicted octanol–water partition coefficient (Wildman–Crippen LogP) is 15.1. The second-order valence-corrected chi connectivity index (χ2v) is 20.4. The minimum absolute atomic E-state index is 0.224. The molecule has 0 amide bonds. The summed E-state index contributed by atoms with van der Waals surface area (Å²) in [7, 11) is -3.54. The molecule has 2 aliphatic rings. The van der Waals surface area contributed by atoms with E-state index in [1.165, 1.54) is 22.3 Å². The molecule has 7 nitrogen and oxygen atoms in total. The van der Waals surface area contributed by atoms with Gasteiger partial charge in [0.15, 0.2) is 11.6 Å². The molecule has 0 bridgehead atoms. The van der Waals surface area contributed by atoms with Crippen molar-refractivity contribution in [3.8, 4) is 51.0 Å². The van der Waals surface area contributed by atoms with Crippen LogP contribution in [-0.4, -0.2) is 19.5 Å². The number of rotatable bonds is 7. The third kappa shape index (κ3) is 6.06. The van der Waals surface area contributed by atoms with Crippen LogP contribution >= 0.6 is 7.44 Å². The molecule has 8 heteroatoms. The molecule has 1 aliphatic carbocycles. The van der Waals surface area contributed by atoms with Gasteiger partial charge in [0.05, 0.1) is 27.7 Å². The fourth-order valence-corrected chi connectivity index (χ4v) is 13.5. The Kier molecular flexibility index (Phi) is 9.01. The van der Waals surface area contributed by atoms with Gasteiger partial charge in [-0.1, -0.05) is 166 Å². The number of anilines is 4. The second-order valence-electron chi connectivity index (χ2n) is 18.0. The summed E-state index contributed by atoms with van der Waals surface area (Å²) in [6, 6.07) is 77.1. The molecule has 68 heavy (non-hydrogen) atoms. The summed E-state index contributed by atoms with van der Waals surface area (Å²) in [6.07, 6.45) is 0. The van der Waals surface area contributed by atoms with E-state index in [0.717, 1.165) is 72.1 Å². The van der Waals surface area contributed by atoms with Crippen LogP contribution in [0.1, 0.15) is 25.0 Å². The maximum atomic E-state index is 16.3. The third-order valence-electron chi connectivity index (χ3n) is 13.8. The number of benzene rings is 9. The molecule has 0 fully saturated rings. The van der Waals surface area contributed by atoms with Gasteiger partial charge in [-0.3, -0.25) is 18.5 Å². The van der Waals surface area contributed by atoms with Crippen LogP contribution in [0.25, 0.3) is 72.8 Å². The van der Waals surface area contributed by atoms with E-state index >= 15 is 4.57 Å². The molecule has 1 unspecified atom stereocenters. The van der Waals surface area contributed by atoms with Gasteiger partial charge in [-0.15, -0.1) is 0 Å². The summed E-state index contributed by atoms with van der Waals surface area (Å²) in [5, 5.41) is 2.93. The van der Waals surface area contributed by atoms with Gasteiger partial charge >= 0.3 is 7.44 Å². The Bertz CT molecular complexity index is 3750. The van der Waals surface area contributed by atoms with Gasteiger partial charge in [0.2, 0.25) is 5.95 Å². The molecule has 0 saturated heterocycles. The molecule has 3 heterocycles. The maximum Gasteiger partial charge on any atom is 0.301 e. The summed E-state index contributed by atoms with van der Waals surface area (Å²) in [5.41, 5.74) is 14.2. The van der Waals surface area contributed by atoms with Gasteiger partial charge in [-0.2, -0.15) is 9.97 Å². The Morgan fingerprint density at radius 1 is 0.412 bits per heavy atom. The Morgan fingerprint density at radius 3 is 1.56 bits per heavy atom. The van der Waals surface area contributed by atoms with Crippen LogP contribution in [-0.2, 0) is 9.98 Å². The molecule has 0 saturated carbocycles. The number of hydrogen-bond donors (Lipinski definition) is 0. The smallest absolute Gasteiger partial charge is 0.278 e. The lowest BCUT2D eigenvalue weighted by Gasteiger charge is -2.33. The summed E-state index contributed by atoms with van der Waals surface area (Å²) >= 11 is 0. The van der Waals surface area contributed by atoms with E-state index < -0.39 is 7.44 Å². The third-order valence-corrected chi connectivity index (χ3v) is 16.7. The largest absolute Gasteiger partial charge is 0.301 e. The summed E-state index contributed by atoms with van der Waals surface area (Å²) in [6.45, 7) is 4.64. The maximum absolute atomic E-state index is 16.3. The van der Waals surface area contributed by atoms with Gasteiger partial charge in [0.25, 0.3) is 0 Å². The van der Waals surface area contributed by atoms with Crippen LogP contribution in [0, 0.1) is 0 Å². The Labute approximate surface area is 394 Å². The molecular weight excluding hydrogens is 852 g/mol. The van der Waals surface area contributed by atoms with Crippen LogP contribution in [0.15, 0.2) is 224 Å². The van der Waals surface area contributed by atoms with Gasteiger partial charge in [-0.05, 0) is 106 Å². The van der Waals surface area contributed by atoms with Crippen LogP contribution in [0.5, 0.6) is 0 Å². The highest BCUT2D eigenvalue weighted by molar-refractivity contribution is 7.76. The molecule has 11 aromatic rings. The van der Waals surface area contributed by atoms with Crippen molar-refractivity contribution >= 4 is 57.3 Å². The second kappa shape index (κ2) is 15.3. The van der Waals surface area contributed by atoms with Crippen molar-refractivity contribution in [1.29, 1.82) is 0 Å². The summed E-state index contributed by atoms with van der Waals surface area (Å²) in [4.78, 5) is 15.6. The zero-order valence-corrected chi connectivity index (χ0v) is 38.3. The number of aromatic nitrogens is 4. The first kappa shape index (κ1) is 39.9. The predicted molar refractivity (Wildman–Crippen MR) is 279 cm³/mol. The van der Waals surface area contributed by atoms with Gasteiger partial charge in [0.1, 0.15) is 0 Å². The molecule has 0 N–H and O–H groups in total. The van der Waals surface area contributed by atoms with Crippen molar-refractivity contribution in [2.75, 3.05) is 9.34 Å². The fraction of sp³-hybridized carbons (Fsp3) is 0.0500. The first-order valence-electron chi connectivity index (χ1n) is 23.0. The lowest BCUT2D eigenvalue weighted by atomic mass is 9.82. The standard InChI is InChI=1S/C60H43N6OP/c1-60(2)51-31-19-18-30-47(51)48-38-50-49-36-42(32-34-53(49)64(55(50)39-52(48)60)59-62-57(40-20-8-3-9-21-40)61-58(63-59)41-22-10-4-11-23-41)43-33-35-54-56(37-43)66(45-26-14-6-15-27-45)68(67,46-28-16-7-17-29-46)65(54)44-24-12-5-13-25-44/h3-39H,1-2H3. The molecule has 0 spiro atoms.